The third kappa shape index (κ3) is 5.76. The molecule has 5 rings (SSSR count). The molecule has 0 saturated heterocycles. The highest BCUT2D eigenvalue weighted by atomic mass is 16.5. The second-order valence-electron chi connectivity index (χ2n) is 9.85. The van der Waals surface area contributed by atoms with E-state index in [-0.39, 0.29) is 12.8 Å². The highest BCUT2D eigenvalue weighted by Gasteiger charge is 2.30. The SMILES string of the molecule is COC(=O)C1Cc2c([nH]c3ccccc23)-c2[nH]c3ccccc3c2CC(NC(C)=O)C(=O)NCC(=O)NCC(=O)N1. The van der Waals surface area contributed by atoms with Gasteiger partial charge in [-0.05, 0) is 23.3 Å². The lowest BCUT2D eigenvalue weighted by molar-refractivity contribution is -0.145. The van der Waals surface area contributed by atoms with Crippen LogP contribution in [0.1, 0.15) is 18.1 Å². The fourth-order valence-corrected chi connectivity index (χ4v) is 5.23. The van der Waals surface area contributed by atoms with E-state index in [0.717, 1.165) is 32.9 Å². The van der Waals surface area contributed by atoms with Gasteiger partial charge < -0.3 is 36.0 Å². The quantitative estimate of drug-likeness (QED) is 0.199. The molecule has 3 heterocycles. The van der Waals surface area contributed by atoms with Crippen LogP contribution < -0.4 is 21.3 Å². The Balaban J connectivity index is 1.73. The lowest BCUT2D eigenvalue weighted by Gasteiger charge is -2.20. The monoisotopic (exact) mass is 558 g/mol. The lowest BCUT2D eigenvalue weighted by atomic mass is 9.96. The van der Waals surface area contributed by atoms with Crippen LogP contribution in [-0.2, 0) is 41.6 Å². The van der Waals surface area contributed by atoms with Crippen LogP contribution in [0.15, 0.2) is 48.5 Å². The Morgan fingerprint density at radius 3 is 1.95 bits per heavy atom. The number of para-hydroxylation sites is 2. The van der Waals surface area contributed by atoms with Crippen LogP contribution in [-0.4, -0.2) is 71.8 Å². The van der Waals surface area contributed by atoms with Crippen LogP contribution in [0.25, 0.3) is 33.2 Å². The molecular weight excluding hydrogens is 528 g/mol. The van der Waals surface area contributed by atoms with Crippen LogP contribution in [0, 0.1) is 0 Å². The highest BCUT2D eigenvalue weighted by molar-refractivity contribution is 5.98. The van der Waals surface area contributed by atoms with Crippen molar-refractivity contribution in [3.63, 3.8) is 0 Å². The van der Waals surface area contributed by atoms with Gasteiger partial charge in [-0.15, -0.1) is 0 Å². The van der Waals surface area contributed by atoms with Gasteiger partial charge in [-0.1, -0.05) is 36.4 Å². The van der Waals surface area contributed by atoms with Gasteiger partial charge in [0.2, 0.25) is 23.6 Å². The van der Waals surface area contributed by atoms with Gasteiger partial charge in [0.05, 0.1) is 31.6 Å². The lowest BCUT2D eigenvalue weighted by Crippen LogP contribution is -2.51. The van der Waals surface area contributed by atoms with E-state index in [9.17, 15) is 24.0 Å². The molecule has 212 valence electrons. The number of hydrogen-bond acceptors (Lipinski definition) is 6. The van der Waals surface area contributed by atoms with Crippen LogP contribution in [0.5, 0.6) is 0 Å². The number of esters is 1. The summed E-state index contributed by atoms with van der Waals surface area (Å²) in [6.45, 7) is 0.496. The summed E-state index contributed by atoms with van der Waals surface area (Å²) in [5, 5.41) is 12.0. The zero-order valence-electron chi connectivity index (χ0n) is 22.6. The summed E-state index contributed by atoms with van der Waals surface area (Å²) in [5.41, 5.74) is 4.43. The molecule has 1 aliphatic rings. The molecule has 2 atom stereocenters. The number of methoxy groups -OCH3 is 1. The van der Waals surface area contributed by atoms with Gasteiger partial charge in [-0.2, -0.15) is 0 Å². The Labute approximate surface area is 234 Å². The molecule has 41 heavy (non-hydrogen) atoms. The van der Waals surface area contributed by atoms with Gasteiger partial charge in [-0.3, -0.25) is 19.2 Å². The van der Waals surface area contributed by atoms with Gasteiger partial charge in [0.25, 0.3) is 0 Å². The average Bonchev–Trinajstić information content (AvgIpc) is 3.51. The van der Waals surface area contributed by atoms with Gasteiger partial charge in [-0.25, -0.2) is 4.79 Å². The number of rotatable bonds is 2. The van der Waals surface area contributed by atoms with Crippen molar-refractivity contribution in [1.82, 2.24) is 31.2 Å². The number of amides is 4. The largest absolute Gasteiger partial charge is 0.467 e. The molecule has 6 N–H and O–H groups in total. The number of aromatic nitrogens is 2. The van der Waals surface area contributed by atoms with E-state index in [1.807, 2.05) is 48.5 Å². The molecule has 0 aliphatic carbocycles. The average molecular weight is 559 g/mol. The van der Waals surface area contributed by atoms with Gasteiger partial charge >= 0.3 is 5.97 Å². The van der Waals surface area contributed by atoms with Crippen molar-refractivity contribution in [2.75, 3.05) is 20.2 Å². The smallest absolute Gasteiger partial charge is 0.328 e. The van der Waals surface area contributed by atoms with E-state index in [0.29, 0.717) is 11.4 Å². The molecular formula is C29H30N6O6. The summed E-state index contributed by atoms with van der Waals surface area (Å²) in [5.74, 6) is -2.81. The normalized spacial score (nSPS) is 18.5. The number of aromatic amines is 2. The minimum absolute atomic E-state index is 0.0795. The van der Waals surface area contributed by atoms with Gasteiger partial charge in [0.15, 0.2) is 0 Å². The fourth-order valence-electron chi connectivity index (χ4n) is 5.23. The van der Waals surface area contributed by atoms with Crippen LogP contribution >= 0.6 is 0 Å². The molecule has 2 aromatic carbocycles. The second kappa shape index (κ2) is 11.5. The second-order valence-corrected chi connectivity index (χ2v) is 9.85. The van der Waals surface area contributed by atoms with Crippen molar-refractivity contribution in [1.29, 1.82) is 0 Å². The topological polar surface area (TPSA) is 174 Å². The maximum absolute atomic E-state index is 13.2. The van der Waals surface area contributed by atoms with Gasteiger partial charge in [0.1, 0.15) is 12.1 Å². The summed E-state index contributed by atoms with van der Waals surface area (Å²) >= 11 is 0. The standard InChI is InChI=1S/C29H30N6O6/c1-15(36)32-22-11-18-16-7-3-5-9-20(16)34-26(18)27-19(17-8-4-6-10-21(17)35-27)12-23(29(40)41-2)33-25(38)14-30-24(37)13-31-28(22)39/h3-10,22-23,34-35H,11-14H2,1-2H3,(H,30,37)(H,31,39)(H,32,36)(H,33,38). The molecule has 0 saturated carbocycles. The summed E-state index contributed by atoms with van der Waals surface area (Å²) in [6.07, 6.45) is 0.189. The van der Waals surface area contributed by atoms with E-state index in [1.165, 1.54) is 14.0 Å². The van der Waals surface area contributed by atoms with E-state index in [4.69, 9.17) is 4.74 Å². The first-order chi connectivity index (χ1) is 19.7. The van der Waals surface area contributed by atoms with Crippen LogP contribution in [0.3, 0.4) is 0 Å². The Morgan fingerprint density at radius 1 is 0.805 bits per heavy atom. The minimum atomic E-state index is -1.05. The summed E-state index contributed by atoms with van der Waals surface area (Å²) in [6, 6.07) is 13.1. The van der Waals surface area contributed by atoms with Gasteiger partial charge in [0, 0.05) is 41.6 Å². The molecule has 4 amide bonds. The number of fused-ring (bicyclic) bond motifs is 7. The van der Waals surface area contributed by atoms with Crippen LogP contribution in [0.4, 0.5) is 0 Å². The molecule has 12 heteroatoms. The number of hydrogen-bond donors (Lipinski definition) is 6. The first kappa shape index (κ1) is 27.4. The zero-order chi connectivity index (χ0) is 29.1. The Hall–Kier alpha value is -5.13. The fraction of sp³-hybridized carbons (Fsp3) is 0.276. The molecule has 0 fully saturated rings. The van der Waals surface area contributed by atoms with Crippen molar-refractivity contribution in [2.45, 2.75) is 31.8 Å². The summed E-state index contributed by atoms with van der Waals surface area (Å²) < 4.78 is 5.00. The zero-order valence-corrected chi connectivity index (χ0v) is 22.6. The number of benzene rings is 2. The summed E-state index contributed by atoms with van der Waals surface area (Å²) in [4.78, 5) is 70.2. The molecule has 12 nitrogen and oxygen atoms in total. The Bertz CT molecular complexity index is 1670. The van der Waals surface area contributed by atoms with E-state index in [2.05, 4.69) is 31.2 Å². The Kier molecular flexibility index (Phi) is 7.72. The number of nitrogens with one attached hydrogen (secondary N) is 6. The highest BCUT2D eigenvalue weighted by Crippen LogP contribution is 2.37. The molecule has 1 aliphatic heterocycles. The van der Waals surface area contributed by atoms with Crippen molar-refractivity contribution < 1.29 is 28.7 Å². The predicted octanol–water partition coefficient (Wildman–Crippen LogP) is 0.810. The molecule has 4 aromatic rings. The predicted molar refractivity (Wildman–Crippen MR) is 151 cm³/mol. The van der Waals surface area contributed by atoms with Crippen molar-refractivity contribution in [3.8, 4) is 11.4 Å². The van der Waals surface area contributed by atoms with E-state index in [1.54, 1.807) is 0 Å². The molecule has 0 radical (unpaired) electrons. The molecule has 0 bridgehead atoms. The summed E-state index contributed by atoms with van der Waals surface area (Å²) in [7, 11) is 1.24. The van der Waals surface area contributed by atoms with Crippen LogP contribution in [0.2, 0.25) is 0 Å². The first-order valence-electron chi connectivity index (χ1n) is 13.1. The number of ether oxygens (including phenoxy) is 1. The minimum Gasteiger partial charge on any atom is -0.467 e. The maximum atomic E-state index is 13.2. The van der Waals surface area contributed by atoms with Crippen molar-refractivity contribution >= 4 is 51.4 Å². The molecule has 2 unspecified atom stereocenters. The third-order valence-corrected chi connectivity index (χ3v) is 7.08. The molecule has 2 aromatic heterocycles. The third-order valence-electron chi connectivity index (χ3n) is 7.08. The number of carbonyl (C=O) groups excluding carboxylic acids is 5. The Morgan fingerprint density at radius 2 is 1.37 bits per heavy atom. The van der Waals surface area contributed by atoms with E-state index < -0.39 is 54.8 Å². The number of H-pyrrole nitrogens is 2. The van der Waals surface area contributed by atoms with E-state index >= 15 is 0 Å². The van der Waals surface area contributed by atoms with Crippen molar-refractivity contribution in [2.24, 2.45) is 0 Å². The van der Waals surface area contributed by atoms with Crippen molar-refractivity contribution in [3.05, 3.63) is 59.7 Å². The maximum Gasteiger partial charge on any atom is 0.328 e. The number of carbonyl (C=O) groups is 5. The first-order valence-corrected chi connectivity index (χ1v) is 13.1. The molecule has 0 spiro atoms.